The lowest BCUT2D eigenvalue weighted by atomic mass is 9.93. The molecule has 0 amide bonds. The Morgan fingerprint density at radius 1 is 0.429 bits per heavy atom. The van der Waals surface area contributed by atoms with Gasteiger partial charge >= 0.3 is 0 Å². The molecule has 4 heteroatoms. The van der Waals surface area contributed by atoms with Crippen molar-refractivity contribution in [3.63, 3.8) is 0 Å². The van der Waals surface area contributed by atoms with Crippen molar-refractivity contribution in [3.8, 4) is 22.6 Å². The fraction of sp³-hybridized carbons (Fsp3) is 0. The van der Waals surface area contributed by atoms with Gasteiger partial charge in [-0.15, -0.1) is 0 Å². The second-order valence-electron chi connectivity index (χ2n) is 12.4. The second-order valence-corrected chi connectivity index (χ2v) is 12.4. The van der Waals surface area contributed by atoms with E-state index in [1.807, 2.05) is 42.5 Å². The van der Waals surface area contributed by atoms with E-state index < -0.39 is 0 Å². The summed E-state index contributed by atoms with van der Waals surface area (Å²) in [4.78, 5) is 7.05. The highest BCUT2D eigenvalue weighted by molar-refractivity contribution is 6.14. The highest BCUT2D eigenvalue weighted by atomic mass is 16.4. The van der Waals surface area contributed by atoms with Gasteiger partial charge in [0.15, 0.2) is 11.2 Å². The minimum atomic E-state index is 0.601. The maximum atomic E-state index is 6.69. The van der Waals surface area contributed by atoms with E-state index in [1.165, 1.54) is 32.7 Å². The summed E-state index contributed by atoms with van der Waals surface area (Å²) in [7, 11) is 0. The molecule has 49 heavy (non-hydrogen) atoms. The third-order valence-corrected chi connectivity index (χ3v) is 9.47. The summed E-state index contributed by atoms with van der Waals surface area (Å²) >= 11 is 0. The predicted molar refractivity (Wildman–Crippen MR) is 202 cm³/mol. The number of hydrogen-bond acceptors (Lipinski definition) is 4. The molecule has 0 saturated heterocycles. The van der Waals surface area contributed by atoms with Crippen LogP contribution in [0.5, 0.6) is 0 Å². The lowest BCUT2D eigenvalue weighted by Gasteiger charge is -2.25. The van der Waals surface area contributed by atoms with Crippen LogP contribution >= 0.6 is 0 Å². The number of rotatable bonds is 5. The van der Waals surface area contributed by atoms with Gasteiger partial charge in [0, 0.05) is 33.8 Å². The van der Waals surface area contributed by atoms with E-state index in [0.717, 1.165) is 55.7 Å². The Morgan fingerprint density at radius 2 is 1.10 bits per heavy atom. The van der Waals surface area contributed by atoms with Gasteiger partial charge in [-0.3, -0.25) is 0 Å². The maximum absolute atomic E-state index is 6.69. The number of nitrogens with zero attached hydrogens (tertiary/aromatic N) is 2. The van der Waals surface area contributed by atoms with E-state index in [2.05, 4.69) is 132 Å². The fourth-order valence-corrected chi connectivity index (χ4v) is 7.17. The fourth-order valence-electron chi connectivity index (χ4n) is 7.17. The smallest absolute Gasteiger partial charge is 0.227 e. The van der Waals surface area contributed by atoms with Crippen molar-refractivity contribution in [1.82, 2.24) is 4.98 Å². The number of oxazole rings is 1. The molecular weight excluding hydrogens is 601 g/mol. The lowest BCUT2D eigenvalue weighted by molar-refractivity contribution is 0.620. The van der Waals surface area contributed by atoms with Gasteiger partial charge in [-0.05, 0) is 87.3 Å². The van der Waals surface area contributed by atoms with Gasteiger partial charge in [0.2, 0.25) is 5.89 Å². The van der Waals surface area contributed by atoms with Crippen LogP contribution in [0, 0.1) is 0 Å². The first-order chi connectivity index (χ1) is 24.3. The largest absolute Gasteiger partial charge is 0.454 e. The summed E-state index contributed by atoms with van der Waals surface area (Å²) < 4.78 is 12.9. The molecule has 0 N–H and O–H groups in total. The third-order valence-electron chi connectivity index (χ3n) is 9.47. The molecule has 0 aliphatic rings. The molecule has 230 valence electrons. The third kappa shape index (κ3) is 4.49. The number of aromatic nitrogens is 1. The van der Waals surface area contributed by atoms with Crippen molar-refractivity contribution < 1.29 is 8.83 Å². The first-order valence-corrected chi connectivity index (χ1v) is 16.5. The highest BCUT2D eigenvalue weighted by Crippen LogP contribution is 2.44. The Morgan fingerprint density at radius 3 is 1.92 bits per heavy atom. The van der Waals surface area contributed by atoms with Crippen LogP contribution in [-0.4, -0.2) is 4.98 Å². The summed E-state index contributed by atoms with van der Waals surface area (Å²) in [6.07, 6.45) is 0. The van der Waals surface area contributed by atoms with E-state index in [4.69, 9.17) is 13.8 Å². The molecule has 2 heterocycles. The molecule has 0 bridgehead atoms. The number of anilines is 3. The van der Waals surface area contributed by atoms with Crippen molar-refractivity contribution in [2.75, 3.05) is 4.90 Å². The van der Waals surface area contributed by atoms with Gasteiger partial charge in [-0.25, -0.2) is 4.98 Å². The molecule has 0 aliphatic carbocycles. The van der Waals surface area contributed by atoms with Gasteiger partial charge in [0.25, 0.3) is 0 Å². The predicted octanol–water partition coefficient (Wildman–Crippen LogP) is 12.8. The van der Waals surface area contributed by atoms with E-state index in [9.17, 15) is 0 Å². The Labute approximate surface area is 282 Å². The van der Waals surface area contributed by atoms with Crippen molar-refractivity contribution in [2.45, 2.75) is 0 Å². The van der Waals surface area contributed by atoms with Crippen LogP contribution < -0.4 is 4.90 Å². The lowest BCUT2D eigenvalue weighted by Crippen LogP contribution is -2.10. The van der Waals surface area contributed by atoms with Crippen LogP contribution in [0.25, 0.3) is 77.2 Å². The monoisotopic (exact) mass is 628 g/mol. The molecule has 10 aromatic rings. The summed E-state index contributed by atoms with van der Waals surface area (Å²) in [5, 5.41) is 7.03. The minimum absolute atomic E-state index is 0.601. The number of para-hydroxylation sites is 2. The molecule has 0 radical (unpaired) electrons. The molecule has 2 aromatic heterocycles. The number of furan rings is 1. The average Bonchev–Trinajstić information content (AvgIpc) is 3.76. The maximum Gasteiger partial charge on any atom is 0.227 e. The number of benzene rings is 8. The van der Waals surface area contributed by atoms with Crippen LogP contribution in [0.4, 0.5) is 17.1 Å². The van der Waals surface area contributed by atoms with Gasteiger partial charge in [-0.1, -0.05) is 109 Å². The van der Waals surface area contributed by atoms with E-state index in [0.29, 0.717) is 5.89 Å². The molecule has 0 spiro atoms. The van der Waals surface area contributed by atoms with Crippen molar-refractivity contribution >= 4 is 71.6 Å². The Kier molecular flexibility index (Phi) is 6.15. The average molecular weight is 629 g/mol. The van der Waals surface area contributed by atoms with Gasteiger partial charge in [0.1, 0.15) is 11.1 Å². The van der Waals surface area contributed by atoms with Crippen molar-refractivity contribution in [1.29, 1.82) is 0 Å². The standard InChI is InChI=1S/C45H28N2O2/c1-3-12-30(13-4-1)45-46-40-28-42-39(27-43(40)49-45)37-20-11-21-41(44(37)48-42)47(32-15-5-2-6-16-32)33-24-22-29(23-25-33)38-26-31-14-7-8-17-34(31)35-18-9-10-19-36(35)38/h1-28H. The second kappa shape index (κ2) is 11.0. The summed E-state index contributed by atoms with van der Waals surface area (Å²) in [5.74, 6) is 0.601. The van der Waals surface area contributed by atoms with Crippen LogP contribution in [0.15, 0.2) is 179 Å². The molecule has 0 saturated carbocycles. The van der Waals surface area contributed by atoms with E-state index >= 15 is 0 Å². The quantitative estimate of drug-likeness (QED) is 0.178. The number of fused-ring (bicyclic) bond motifs is 7. The Bertz CT molecular complexity index is 2820. The molecule has 0 atom stereocenters. The highest BCUT2D eigenvalue weighted by Gasteiger charge is 2.21. The van der Waals surface area contributed by atoms with Gasteiger partial charge in [0.05, 0.1) is 5.69 Å². The van der Waals surface area contributed by atoms with Crippen molar-refractivity contribution in [3.05, 3.63) is 170 Å². The SMILES string of the molecule is c1ccc(-c2nc3cc4oc5c(N(c6ccccc6)c6ccc(-c7cc8ccccc8c8ccccc78)cc6)cccc5c4cc3o2)cc1. The normalized spacial score (nSPS) is 11.7. The molecule has 8 aromatic carbocycles. The minimum Gasteiger partial charge on any atom is -0.454 e. The molecule has 0 unspecified atom stereocenters. The van der Waals surface area contributed by atoms with Crippen LogP contribution in [0.3, 0.4) is 0 Å². The van der Waals surface area contributed by atoms with E-state index in [1.54, 1.807) is 0 Å². The van der Waals surface area contributed by atoms with E-state index in [-0.39, 0.29) is 0 Å². The zero-order valence-corrected chi connectivity index (χ0v) is 26.4. The van der Waals surface area contributed by atoms with Crippen LogP contribution in [-0.2, 0) is 0 Å². The molecule has 0 fully saturated rings. The first-order valence-electron chi connectivity index (χ1n) is 16.5. The van der Waals surface area contributed by atoms with Crippen LogP contribution in [0.1, 0.15) is 0 Å². The molecular formula is C45H28N2O2. The van der Waals surface area contributed by atoms with Crippen LogP contribution in [0.2, 0.25) is 0 Å². The molecule has 4 nitrogen and oxygen atoms in total. The number of hydrogen-bond donors (Lipinski definition) is 0. The Hall–Kier alpha value is -6.65. The molecule has 0 aliphatic heterocycles. The van der Waals surface area contributed by atoms with Gasteiger partial charge in [-0.2, -0.15) is 0 Å². The topological polar surface area (TPSA) is 42.4 Å². The Balaban J connectivity index is 1.11. The van der Waals surface area contributed by atoms with Crippen molar-refractivity contribution in [2.24, 2.45) is 0 Å². The molecule has 10 rings (SSSR count). The zero-order valence-electron chi connectivity index (χ0n) is 26.4. The first kappa shape index (κ1) is 27.5. The summed E-state index contributed by atoms with van der Waals surface area (Å²) in [5.41, 5.74) is 9.46. The zero-order chi connectivity index (χ0) is 32.3. The summed E-state index contributed by atoms with van der Waals surface area (Å²) in [6, 6.07) is 59.3. The summed E-state index contributed by atoms with van der Waals surface area (Å²) in [6.45, 7) is 0. The van der Waals surface area contributed by atoms with Gasteiger partial charge < -0.3 is 13.7 Å².